The smallest absolute Gasteiger partial charge is 0.241 e. The molecular formula is C16H22N2O2. The molecule has 2 aliphatic heterocycles. The minimum Gasteiger partial charge on any atom is -0.376 e. The third-order valence-corrected chi connectivity index (χ3v) is 4.49. The molecule has 4 nitrogen and oxygen atoms in total. The zero-order chi connectivity index (χ0) is 14.3. The molecule has 1 amide bonds. The van der Waals surface area contributed by atoms with Crippen LogP contribution in [0, 0.1) is 6.92 Å². The van der Waals surface area contributed by atoms with Crippen molar-refractivity contribution in [2.45, 2.75) is 51.5 Å². The second-order valence-electron chi connectivity index (χ2n) is 5.82. The lowest BCUT2D eigenvalue weighted by Crippen LogP contribution is -2.43. The standard InChI is InChI=1S/C16H22N2O2/c1-10-6-4-5-7-13(10)15-17-11(2)16(19)18(15)14-8-9-20-12(14)3/h4-7,11-12,14-15,17H,8-9H2,1-3H3. The number of nitrogens with zero attached hydrogens (tertiary/aromatic N) is 1. The van der Waals surface area contributed by atoms with Gasteiger partial charge in [-0.3, -0.25) is 10.1 Å². The zero-order valence-electron chi connectivity index (χ0n) is 12.3. The van der Waals surface area contributed by atoms with Gasteiger partial charge >= 0.3 is 0 Å². The Morgan fingerprint density at radius 1 is 1.30 bits per heavy atom. The van der Waals surface area contributed by atoms with Crippen LogP contribution in [0.15, 0.2) is 24.3 Å². The monoisotopic (exact) mass is 274 g/mol. The third kappa shape index (κ3) is 2.13. The SMILES string of the molecule is Cc1ccccc1C1NC(C)C(=O)N1C1CCOC1C. The molecule has 0 spiro atoms. The van der Waals surface area contributed by atoms with Crippen LogP contribution in [0.2, 0.25) is 0 Å². The van der Waals surface area contributed by atoms with Crippen LogP contribution in [0.4, 0.5) is 0 Å². The van der Waals surface area contributed by atoms with Gasteiger partial charge in [0.1, 0.15) is 6.17 Å². The van der Waals surface area contributed by atoms with Gasteiger partial charge in [-0.15, -0.1) is 0 Å². The molecule has 1 aromatic rings. The summed E-state index contributed by atoms with van der Waals surface area (Å²) < 4.78 is 5.65. The van der Waals surface area contributed by atoms with Crippen molar-refractivity contribution in [3.8, 4) is 0 Å². The fourth-order valence-corrected chi connectivity index (χ4v) is 3.31. The van der Waals surface area contributed by atoms with E-state index in [2.05, 4.69) is 31.3 Å². The fourth-order valence-electron chi connectivity index (χ4n) is 3.31. The van der Waals surface area contributed by atoms with E-state index < -0.39 is 0 Å². The highest BCUT2D eigenvalue weighted by atomic mass is 16.5. The Morgan fingerprint density at radius 3 is 2.70 bits per heavy atom. The first kappa shape index (κ1) is 13.6. The summed E-state index contributed by atoms with van der Waals surface area (Å²) in [6.07, 6.45) is 0.995. The average molecular weight is 274 g/mol. The van der Waals surface area contributed by atoms with Gasteiger partial charge in [-0.05, 0) is 38.3 Å². The Labute approximate surface area is 120 Å². The molecule has 0 saturated carbocycles. The number of nitrogens with one attached hydrogen (secondary N) is 1. The molecular weight excluding hydrogens is 252 g/mol. The summed E-state index contributed by atoms with van der Waals surface area (Å²) in [4.78, 5) is 14.5. The molecule has 4 heteroatoms. The molecule has 1 aromatic carbocycles. The van der Waals surface area contributed by atoms with Crippen LogP contribution in [0.5, 0.6) is 0 Å². The molecule has 2 aliphatic rings. The lowest BCUT2D eigenvalue weighted by atomic mass is 10.0. The van der Waals surface area contributed by atoms with Gasteiger partial charge in [-0.2, -0.15) is 0 Å². The predicted octanol–water partition coefficient (Wildman–Crippen LogP) is 1.99. The maximum Gasteiger partial charge on any atom is 0.241 e. The fraction of sp³-hybridized carbons (Fsp3) is 0.562. The molecule has 0 radical (unpaired) electrons. The van der Waals surface area contributed by atoms with E-state index in [4.69, 9.17) is 4.74 Å². The van der Waals surface area contributed by atoms with Crippen molar-refractivity contribution in [1.82, 2.24) is 10.2 Å². The Kier molecular flexibility index (Phi) is 3.52. The van der Waals surface area contributed by atoms with Crippen LogP contribution in [0.1, 0.15) is 37.6 Å². The lowest BCUT2D eigenvalue weighted by molar-refractivity contribution is -0.133. The largest absolute Gasteiger partial charge is 0.376 e. The van der Waals surface area contributed by atoms with Gasteiger partial charge in [0.2, 0.25) is 5.91 Å². The second-order valence-corrected chi connectivity index (χ2v) is 5.82. The van der Waals surface area contributed by atoms with Gasteiger partial charge < -0.3 is 9.64 Å². The van der Waals surface area contributed by atoms with E-state index >= 15 is 0 Å². The number of ether oxygens (including phenoxy) is 1. The van der Waals surface area contributed by atoms with Crippen LogP contribution in [-0.4, -0.2) is 35.6 Å². The lowest BCUT2D eigenvalue weighted by Gasteiger charge is -2.32. The second kappa shape index (κ2) is 5.19. The molecule has 0 aromatic heterocycles. The Hall–Kier alpha value is -1.39. The Bertz CT molecular complexity index is 517. The van der Waals surface area contributed by atoms with Crippen molar-refractivity contribution < 1.29 is 9.53 Å². The summed E-state index contributed by atoms with van der Waals surface area (Å²) in [6, 6.07) is 8.30. The average Bonchev–Trinajstić information content (AvgIpc) is 2.95. The van der Waals surface area contributed by atoms with E-state index in [0.29, 0.717) is 0 Å². The van der Waals surface area contributed by atoms with E-state index in [1.54, 1.807) is 0 Å². The first-order valence-corrected chi connectivity index (χ1v) is 7.35. The van der Waals surface area contributed by atoms with Gasteiger partial charge in [0.25, 0.3) is 0 Å². The van der Waals surface area contributed by atoms with Crippen molar-refractivity contribution in [1.29, 1.82) is 0 Å². The summed E-state index contributed by atoms with van der Waals surface area (Å²) in [5, 5.41) is 3.43. The third-order valence-electron chi connectivity index (χ3n) is 4.49. The van der Waals surface area contributed by atoms with Crippen LogP contribution in [-0.2, 0) is 9.53 Å². The van der Waals surface area contributed by atoms with Crippen LogP contribution >= 0.6 is 0 Å². The molecule has 4 unspecified atom stereocenters. The molecule has 0 bridgehead atoms. The summed E-state index contributed by atoms with van der Waals surface area (Å²) >= 11 is 0. The highest BCUT2D eigenvalue weighted by Crippen LogP contribution is 2.33. The molecule has 1 N–H and O–H groups in total. The number of hydrogen-bond acceptors (Lipinski definition) is 3. The van der Waals surface area contributed by atoms with Crippen LogP contribution in [0.3, 0.4) is 0 Å². The zero-order valence-corrected chi connectivity index (χ0v) is 12.3. The van der Waals surface area contributed by atoms with Gasteiger partial charge in [-0.25, -0.2) is 0 Å². The van der Waals surface area contributed by atoms with Crippen LogP contribution in [0.25, 0.3) is 0 Å². The van der Waals surface area contributed by atoms with Crippen molar-refractivity contribution in [3.05, 3.63) is 35.4 Å². The van der Waals surface area contributed by atoms with Gasteiger partial charge in [0.05, 0.1) is 18.2 Å². The number of benzene rings is 1. The molecule has 2 heterocycles. The molecule has 20 heavy (non-hydrogen) atoms. The highest BCUT2D eigenvalue weighted by molar-refractivity contribution is 5.84. The first-order valence-electron chi connectivity index (χ1n) is 7.35. The van der Waals surface area contributed by atoms with Crippen molar-refractivity contribution in [2.24, 2.45) is 0 Å². The number of aryl methyl sites for hydroxylation is 1. The van der Waals surface area contributed by atoms with Gasteiger partial charge in [-0.1, -0.05) is 24.3 Å². The van der Waals surface area contributed by atoms with Crippen molar-refractivity contribution in [2.75, 3.05) is 6.61 Å². The van der Waals surface area contributed by atoms with Gasteiger partial charge in [0.15, 0.2) is 0 Å². The summed E-state index contributed by atoms with van der Waals surface area (Å²) in [7, 11) is 0. The molecule has 2 fully saturated rings. The Balaban J connectivity index is 1.96. The predicted molar refractivity (Wildman–Crippen MR) is 77.2 cm³/mol. The summed E-state index contributed by atoms with van der Waals surface area (Å²) in [5.41, 5.74) is 2.40. The van der Waals surface area contributed by atoms with Crippen molar-refractivity contribution in [3.63, 3.8) is 0 Å². The number of amides is 1. The minimum atomic E-state index is -0.132. The summed E-state index contributed by atoms with van der Waals surface area (Å²) in [6.45, 7) is 6.83. The van der Waals surface area contributed by atoms with E-state index in [1.165, 1.54) is 11.1 Å². The van der Waals surface area contributed by atoms with E-state index in [-0.39, 0.29) is 30.3 Å². The molecule has 3 rings (SSSR count). The number of hydrogen-bond donors (Lipinski definition) is 1. The molecule has 2 saturated heterocycles. The maximum absolute atomic E-state index is 12.5. The highest BCUT2D eigenvalue weighted by Gasteiger charge is 2.44. The number of carbonyl (C=O) groups excluding carboxylic acids is 1. The molecule has 4 atom stereocenters. The topological polar surface area (TPSA) is 41.6 Å². The van der Waals surface area contributed by atoms with Crippen LogP contribution < -0.4 is 5.32 Å². The van der Waals surface area contributed by atoms with E-state index in [0.717, 1.165) is 13.0 Å². The first-order chi connectivity index (χ1) is 9.59. The maximum atomic E-state index is 12.5. The number of rotatable bonds is 2. The quantitative estimate of drug-likeness (QED) is 0.896. The van der Waals surface area contributed by atoms with Gasteiger partial charge in [0, 0.05) is 6.61 Å². The number of carbonyl (C=O) groups is 1. The normalized spacial score (nSPS) is 34.0. The Morgan fingerprint density at radius 2 is 2.05 bits per heavy atom. The minimum absolute atomic E-state index is 0.0344. The van der Waals surface area contributed by atoms with E-state index in [9.17, 15) is 4.79 Å². The molecule has 108 valence electrons. The van der Waals surface area contributed by atoms with E-state index in [1.807, 2.05) is 24.0 Å². The van der Waals surface area contributed by atoms with Crippen molar-refractivity contribution >= 4 is 5.91 Å². The molecule has 0 aliphatic carbocycles. The summed E-state index contributed by atoms with van der Waals surface area (Å²) in [5.74, 6) is 0.181.